The lowest BCUT2D eigenvalue weighted by Gasteiger charge is -2.10. The van der Waals surface area contributed by atoms with Crippen molar-refractivity contribution < 1.29 is 17.9 Å². The molecule has 2 rings (SSSR count). The molecule has 0 amide bonds. The molecular weight excluding hydrogens is 261 g/mol. The van der Waals surface area contributed by atoms with Crippen LogP contribution in [0.1, 0.15) is 17.7 Å². The number of alkyl halides is 3. The van der Waals surface area contributed by atoms with Crippen molar-refractivity contribution in [2.24, 2.45) is 0 Å². The predicted octanol–water partition coefficient (Wildman–Crippen LogP) is 4.73. The monoisotopic (exact) mass is 272 g/mol. The van der Waals surface area contributed by atoms with Crippen molar-refractivity contribution in [3.8, 4) is 5.75 Å². The smallest absolute Gasteiger partial charge is 0.406 e. The van der Waals surface area contributed by atoms with Crippen LogP contribution < -0.4 is 4.74 Å². The Morgan fingerprint density at radius 2 is 1.72 bits per heavy atom. The van der Waals surface area contributed by atoms with Gasteiger partial charge in [-0.2, -0.15) is 12.6 Å². The van der Waals surface area contributed by atoms with Gasteiger partial charge in [-0.05, 0) is 41.5 Å². The Labute approximate surface area is 108 Å². The molecule has 0 saturated carbocycles. The van der Waals surface area contributed by atoms with Gasteiger partial charge in [0.25, 0.3) is 0 Å². The van der Waals surface area contributed by atoms with Gasteiger partial charge in [0, 0.05) is 5.25 Å². The first-order valence-corrected chi connectivity index (χ1v) is 5.84. The summed E-state index contributed by atoms with van der Waals surface area (Å²) in [4.78, 5) is 0. The molecule has 96 valence electrons. The summed E-state index contributed by atoms with van der Waals surface area (Å²) in [6, 6.07) is 9.86. The van der Waals surface area contributed by atoms with E-state index in [1.54, 1.807) is 6.07 Å². The minimum Gasteiger partial charge on any atom is -0.406 e. The summed E-state index contributed by atoms with van der Waals surface area (Å²) in [5, 5.41) is 1.60. The van der Waals surface area contributed by atoms with Crippen molar-refractivity contribution in [3.05, 3.63) is 42.0 Å². The van der Waals surface area contributed by atoms with Gasteiger partial charge in [0.1, 0.15) is 5.75 Å². The molecule has 0 bridgehead atoms. The van der Waals surface area contributed by atoms with E-state index in [1.807, 2.05) is 25.1 Å². The minimum absolute atomic E-state index is 0.0293. The van der Waals surface area contributed by atoms with Gasteiger partial charge in [-0.3, -0.25) is 0 Å². The molecule has 2 aromatic carbocycles. The first-order chi connectivity index (χ1) is 8.35. The molecule has 1 nitrogen and oxygen atoms in total. The molecule has 0 spiro atoms. The van der Waals surface area contributed by atoms with E-state index in [0.717, 1.165) is 10.9 Å². The summed E-state index contributed by atoms with van der Waals surface area (Å²) >= 11 is 4.30. The van der Waals surface area contributed by atoms with Gasteiger partial charge in [-0.1, -0.05) is 18.2 Å². The molecule has 1 atom stereocenters. The van der Waals surface area contributed by atoms with Crippen LogP contribution in [0.2, 0.25) is 0 Å². The van der Waals surface area contributed by atoms with Crippen LogP contribution in [0.25, 0.3) is 10.8 Å². The fourth-order valence-electron chi connectivity index (χ4n) is 1.70. The molecule has 0 fully saturated rings. The Bertz CT molecular complexity index is 564. The number of benzene rings is 2. The van der Waals surface area contributed by atoms with Crippen LogP contribution in [0, 0.1) is 0 Å². The Kier molecular flexibility index (Phi) is 3.43. The summed E-state index contributed by atoms with van der Waals surface area (Å²) in [6.45, 7) is 1.90. The van der Waals surface area contributed by atoms with Crippen LogP contribution >= 0.6 is 12.6 Å². The van der Waals surface area contributed by atoms with Gasteiger partial charge in [-0.15, -0.1) is 13.2 Å². The van der Waals surface area contributed by atoms with Gasteiger partial charge >= 0.3 is 6.36 Å². The van der Waals surface area contributed by atoms with Crippen LogP contribution in [0.5, 0.6) is 5.75 Å². The van der Waals surface area contributed by atoms with E-state index in [9.17, 15) is 13.2 Å². The maximum atomic E-state index is 12.1. The highest BCUT2D eigenvalue weighted by atomic mass is 32.1. The summed E-state index contributed by atoms with van der Waals surface area (Å²) in [6.07, 6.45) is -4.66. The lowest BCUT2D eigenvalue weighted by Crippen LogP contribution is -2.16. The molecule has 2 aromatic rings. The average Bonchev–Trinajstić information content (AvgIpc) is 2.25. The number of halogens is 3. The second kappa shape index (κ2) is 4.72. The summed E-state index contributed by atoms with van der Waals surface area (Å²) in [5.74, 6) is -0.209. The first kappa shape index (κ1) is 13.1. The average molecular weight is 272 g/mol. The normalized spacial score (nSPS) is 13.6. The molecule has 0 aliphatic heterocycles. The molecular formula is C13H11F3OS. The maximum Gasteiger partial charge on any atom is 0.573 e. The van der Waals surface area contributed by atoms with Gasteiger partial charge < -0.3 is 4.74 Å². The number of thiol groups is 1. The molecule has 0 aliphatic carbocycles. The van der Waals surface area contributed by atoms with E-state index in [4.69, 9.17) is 0 Å². The lowest BCUT2D eigenvalue weighted by molar-refractivity contribution is -0.274. The zero-order chi connectivity index (χ0) is 13.3. The fraction of sp³-hybridized carbons (Fsp3) is 0.231. The van der Waals surface area contributed by atoms with E-state index < -0.39 is 6.36 Å². The number of hydrogen-bond donors (Lipinski definition) is 1. The van der Waals surface area contributed by atoms with Crippen molar-refractivity contribution in [2.75, 3.05) is 0 Å². The highest BCUT2D eigenvalue weighted by Gasteiger charge is 2.31. The topological polar surface area (TPSA) is 9.23 Å². The maximum absolute atomic E-state index is 12.1. The van der Waals surface area contributed by atoms with Crippen LogP contribution in [0.3, 0.4) is 0 Å². The molecule has 0 heterocycles. The van der Waals surface area contributed by atoms with E-state index in [0.29, 0.717) is 5.39 Å². The van der Waals surface area contributed by atoms with Crippen LogP contribution in [-0.2, 0) is 0 Å². The zero-order valence-corrected chi connectivity index (χ0v) is 10.4. The van der Waals surface area contributed by atoms with Crippen molar-refractivity contribution in [2.45, 2.75) is 18.5 Å². The van der Waals surface area contributed by atoms with Crippen molar-refractivity contribution in [3.63, 3.8) is 0 Å². The number of rotatable bonds is 2. The van der Waals surface area contributed by atoms with Crippen LogP contribution in [0.4, 0.5) is 13.2 Å². The van der Waals surface area contributed by atoms with Crippen molar-refractivity contribution >= 4 is 23.4 Å². The van der Waals surface area contributed by atoms with Gasteiger partial charge in [0.15, 0.2) is 0 Å². The van der Waals surface area contributed by atoms with Crippen molar-refractivity contribution in [1.82, 2.24) is 0 Å². The van der Waals surface area contributed by atoms with Crippen LogP contribution in [0.15, 0.2) is 36.4 Å². The van der Waals surface area contributed by atoms with Crippen LogP contribution in [-0.4, -0.2) is 6.36 Å². The molecule has 5 heteroatoms. The Morgan fingerprint density at radius 3 is 2.33 bits per heavy atom. The van der Waals surface area contributed by atoms with E-state index in [-0.39, 0.29) is 11.0 Å². The third kappa shape index (κ3) is 3.10. The summed E-state index contributed by atoms with van der Waals surface area (Å²) in [7, 11) is 0. The predicted molar refractivity (Wildman–Crippen MR) is 68.0 cm³/mol. The molecule has 18 heavy (non-hydrogen) atoms. The SMILES string of the molecule is CC(S)c1ccc2ccc(OC(F)(F)F)cc2c1. The molecule has 0 N–H and O–H groups in total. The molecule has 0 aliphatic rings. The van der Waals surface area contributed by atoms with Gasteiger partial charge in [0.2, 0.25) is 0 Å². The van der Waals surface area contributed by atoms with E-state index in [1.165, 1.54) is 12.1 Å². The van der Waals surface area contributed by atoms with Gasteiger partial charge in [0.05, 0.1) is 0 Å². The lowest BCUT2D eigenvalue weighted by atomic mass is 10.1. The second-order valence-corrected chi connectivity index (χ2v) is 4.77. The molecule has 0 radical (unpaired) electrons. The minimum atomic E-state index is -4.66. The van der Waals surface area contributed by atoms with E-state index >= 15 is 0 Å². The standard InChI is InChI=1S/C13H11F3OS/c1-8(18)10-3-2-9-4-5-12(7-11(9)6-10)17-13(14,15)16/h2-8,18H,1H3. The Morgan fingerprint density at radius 1 is 1.06 bits per heavy atom. The highest BCUT2D eigenvalue weighted by Crippen LogP contribution is 2.29. The molecule has 1 unspecified atom stereocenters. The Hall–Kier alpha value is -1.36. The zero-order valence-electron chi connectivity index (χ0n) is 9.53. The highest BCUT2D eigenvalue weighted by molar-refractivity contribution is 7.80. The number of hydrogen-bond acceptors (Lipinski definition) is 2. The molecule has 0 saturated heterocycles. The van der Waals surface area contributed by atoms with Crippen molar-refractivity contribution in [1.29, 1.82) is 0 Å². The van der Waals surface area contributed by atoms with E-state index in [2.05, 4.69) is 17.4 Å². The third-order valence-corrected chi connectivity index (χ3v) is 2.85. The largest absolute Gasteiger partial charge is 0.573 e. The number of fused-ring (bicyclic) bond motifs is 1. The third-order valence-electron chi connectivity index (χ3n) is 2.55. The number of ether oxygens (including phenoxy) is 1. The molecule has 0 aromatic heterocycles. The fourth-order valence-corrected chi connectivity index (χ4v) is 1.86. The summed E-state index contributed by atoms with van der Waals surface area (Å²) < 4.78 is 40.2. The first-order valence-electron chi connectivity index (χ1n) is 5.33. The van der Waals surface area contributed by atoms with Gasteiger partial charge in [-0.25, -0.2) is 0 Å². The summed E-state index contributed by atoms with van der Waals surface area (Å²) in [5.41, 5.74) is 0.954. The second-order valence-electron chi connectivity index (χ2n) is 3.99. The Balaban J connectivity index is 2.42. The quantitative estimate of drug-likeness (QED) is 0.778.